The first kappa shape index (κ1) is 18.9. The molecule has 6 nitrogen and oxygen atoms in total. The average molecular weight is 344 g/mol. The topological polar surface area (TPSA) is 95.6 Å². The molecule has 2 aromatic rings. The number of aliphatic hydroxyl groups excluding tert-OH is 1. The number of phenols is 1. The third kappa shape index (κ3) is 5.85. The maximum absolute atomic E-state index is 10.7. The first-order valence-electron chi connectivity index (χ1n) is 8.22. The molecule has 0 aromatic heterocycles. The van der Waals surface area contributed by atoms with Crippen LogP contribution in [-0.4, -0.2) is 27.2 Å². The number of non-ortho nitro benzene ring substituents is 1. The zero-order valence-electron chi connectivity index (χ0n) is 14.5. The van der Waals surface area contributed by atoms with Crippen LogP contribution >= 0.6 is 0 Å². The molecule has 0 spiro atoms. The molecule has 0 fully saturated rings. The lowest BCUT2D eigenvalue weighted by molar-refractivity contribution is -0.384. The lowest BCUT2D eigenvalue weighted by atomic mass is 9.94. The van der Waals surface area contributed by atoms with Gasteiger partial charge in [-0.2, -0.15) is 0 Å². The average Bonchev–Trinajstić information content (AvgIpc) is 2.59. The van der Waals surface area contributed by atoms with Crippen molar-refractivity contribution >= 4 is 5.69 Å². The third-order valence-corrected chi connectivity index (χ3v) is 4.24. The highest BCUT2D eigenvalue weighted by atomic mass is 16.6. The maximum atomic E-state index is 10.7. The van der Waals surface area contributed by atoms with Gasteiger partial charge in [0.2, 0.25) is 0 Å². The van der Waals surface area contributed by atoms with Crippen molar-refractivity contribution in [3.05, 3.63) is 69.8 Å². The smallest absolute Gasteiger partial charge is 0.269 e. The van der Waals surface area contributed by atoms with E-state index < -0.39 is 11.0 Å². The van der Waals surface area contributed by atoms with E-state index in [9.17, 15) is 20.3 Å². The Bertz CT molecular complexity index is 696. The first-order chi connectivity index (χ1) is 11.8. The number of hydrogen-bond donors (Lipinski definition) is 3. The Labute approximate surface area is 147 Å². The van der Waals surface area contributed by atoms with Crippen LogP contribution in [0.1, 0.15) is 37.5 Å². The van der Waals surface area contributed by atoms with Crippen molar-refractivity contribution in [2.45, 2.75) is 38.3 Å². The summed E-state index contributed by atoms with van der Waals surface area (Å²) in [4.78, 5) is 10.3. The molecule has 0 saturated carbocycles. The standard InChI is InChI=1S/C19H24N2O4/c1-19(2,12-11-14-3-7-16(8-4-14)21(24)25)20-13-18(23)15-5-9-17(22)10-6-15/h3-10,18,20,22-23H,11-13H2,1-2H3/t18-/m0/s1. The molecule has 0 aliphatic heterocycles. The van der Waals surface area contributed by atoms with Crippen LogP contribution in [0, 0.1) is 10.1 Å². The van der Waals surface area contributed by atoms with E-state index in [-0.39, 0.29) is 17.0 Å². The third-order valence-electron chi connectivity index (χ3n) is 4.24. The van der Waals surface area contributed by atoms with Crippen LogP contribution in [0.15, 0.2) is 48.5 Å². The Morgan fingerprint density at radius 3 is 2.28 bits per heavy atom. The lowest BCUT2D eigenvalue weighted by Gasteiger charge is -2.28. The number of hydrogen-bond acceptors (Lipinski definition) is 5. The number of aryl methyl sites for hydroxylation is 1. The second kappa shape index (κ2) is 8.09. The Balaban J connectivity index is 1.84. The number of nitrogens with zero attached hydrogens (tertiary/aromatic N) is 1. The second-order valence-electron chi connectivity index (χ2n) is 6.80. The zero-order chi connectivity index (χ0) is 18.4. The Hall–Kier alpha value is -2.44. The monoisotopic (exact) mass is 344 g/mol. The van der Waals surface area contributed by atoms with Gasteiger partial charge < -0.3 is 15.5 Å². The van der Waals surface area contributed by atoms with Gasteiger partial charge in [0.1, 0.15) is 5.75 Å². The van der Waals surface area contributed by atoms with Crippen LogP contribution in [0.2, 0.25) is 0 Å². The molecule has 25 heavy (non-hydrogen) atoms. The van der Waals surface area contributed by atoms with Gasteiger partial charge in [-0.3, -0.25) is 10.1 Å². The van der Waals surface area contributed by atoms with Crippen molar-refractivity contribution in [1.82, 2.24) is 5.32 Å². The minimum atomic E-state index is -0.653. The van der Waals surface area contributed by atoms with Gasteiger partial charge in [0, 0.05) is 24.2 Å². The number of rotatable bonds is 8. The first-order valence-corrected chi connectivity index (χ1v) is 8.22. The second-order valence-corrected chi connectivity index (χ2v) is 6.80. The van der Waals surface area contributed by atoms with E-state index in [2.05, 4.69) is 19.2 Å². The SMILES string of the molecule is CC(C)(CCc1ccc([N+](=O)[O-])cc1)NC[C@H](O)c1ccc(O)cc1. The van der Waals surface area contributed by atoms with Gasteiger partial charge in [0.25, 0.3) is 5.69 Å². The molecule has 0 amide bonds. The molecular weight excluding hydrogens is 320 g/mol. The van der Waals surface area contributed by atoms with E-state index in [0.29, 0.717) is 6.54 Å². The van der Waals surface area contributed by atoms with E-state index in [1.807, 2.05) is 0 Å². The Morgan fingerprint density at radius 2 is 1.72 bits per heavy atom. The summed E-state index contributed by atoms with van der Waals surface area (Å²) in [6, 6.07) is 13.1. The summed E-state index contributed by atoms with van der Waals surface area (Å²) in [6.45, 7) is 4.52. The molecule has 2 rings (SSSR count). The fraction of sp³-hybridized carbons (Fsp3) is 0.368. The molecule has 3 N–H and O–H groups in total. The summed E-state index contributed by atoms with van der Waals surface area (Å²) in [5.41, 5.74) is 1.69. The van der Waals surface area contributed by atoms with Gasteiger partial charge in [-0.15, -0.1) is 0 Å². The minimum Gasteiger partial charge on any atom is -0.508 e. The highest BCUT2D eigenvalue weighted by Crippen LogP contribution is 2.20. The van der Waals surface area contributed by atoms with Gasteiger partial charge in [0.15, 0.2) is 0 Å². The van der Waals surface area contributed by atoms with Crippen LogP contribution in [0.25, 0.3) is 0 Å². The van der Waals surface area contributed by atoms with Crippen LogP contribution < -0.4 is 5.32 Å². The van der Waals surface area contributed by atoms with Crippen molar-refractivity contribution in [2.75, 3.05) is 6.54 Å². The van der Waals surface area contributed by atoms with Crippen LogP contribution in [0.5, 0.6) is 5.75 Å². The molecule has 2 aromatic carbocycles. The van der Waals surface area contributed by atoms with Crippen LogP contribution in [-0.2, 0) is 6.42 Å². The minimum absolute atomic E-state index is 0.0955. The summed E-state index contributed by atoms with van der Waals surface area (Å²) in [5, 5.41) is 33.5. The van der Waals surface area contributed by atoms with E-state index in [1.165, 1.54) is 12.1 Å². The van der Waals surface area contributed by atoms with Crippen molar-refractivity contribution in [3.63, 3.8) is 0 Å². The quantitative estimate of drug-likeness (QED) is 0.504. The molecule has 134 valence electrons. The van der Waals surface area contributed by atoms with E-state index in [4.69, 9.17) is 0 Å². The molecule has 1 atom stereocenters. The van der Waals surface area contributed by atoms with Crippen LogP contribution in [0.4, 0.5) is 5.69 Å². The predicted octanol–water partition coefficient (Wildman–Crippen LogP) is 3.33. The van der Waals surface area contributed by atoms with Crippen molar-refractivity contribution in [3.8, 4) is 5.75 Å². The summed E-state index contributed by atoms with van der Waals surface area (Å²) < 4.78 is 0. The molecule has 0 aliphatic carbocycles. The largest absolute Gasteiger partial charge is 0.508 e. The Morgan fingerprint density at radius 1 is 1.12 bits per heavy atom. The number of nitro groups is 1. The van der Waals surface area contributed by atoms with E-state index in [1.54, 1.807) is 36.4 Å². The number of aromatic hydroxyl groups is 1. The molecule has 0 unspecified atom stereocenters. The fourth-order valence-electron chi connectivity index (χ4n) is 2.52. The Kier molecular flexibility index (Phi) is 6.12. The van der Waals surface area contributed by atoms with Gasteiger partial charge in [-0.25, -0.2) is 0 Å². The summed E-state index contributed by atoms with van der Waals surface area (Å²) in [6.07, 6.45) is 0.958. The predicted molar refractivity (Wildman–Crippen MR) is 96.6 cm³/mol. The number of β-amino-alcohol motifs (C(OH)–C–C–N with tert-alkyl or cyclic N) is 1. The summed E-state index contributed by atoms with van der Waals surface area (Å²) in [7, 11) is 0. The zero-order valence-corrected chi connectivity index (χ0v) is 14.5. The number of nitro benzene ring substituents is 1. The van der Waals surface area contributed by atoms with Crippen molar-refractivity contribution in [2.24, 2.45) is 0 Å². The van der Waals surface area contributed by atoms with Gasteiger partial charge >= 0.3 is 0 Å². The highest BCUT2D eigenvalue weighted by molar-refractivity contribution is 5.33. The number of phenolic OH excluding ortho intramolecular Hbond substituents is 1. The fourth-order valence-corrected chi connectivity index (χ4v) is 2.52. The van der Waals surface area contributed by atoms with E-state index in [0.717, 1.165) is 24.0 Å². The molecular formula is C19H24N2O4. The number of aliphatic hydroxyl groups is 1. The summed E-state index contributed by atoms with van der Waals surface area (Å²) in [5.74, 6) is 0.173. The lowest BCUT2D eigenvalue weighted by Crippen LogP contribution is -2.41. The van der Waals surface area contributed by atoms with E-state index >= 15 is 0 Å². The van der Waals surface area contributed by atoms with Crippen molar-refractivity contribution in [1.29, 1.82) is 0 Å². The molecule has 6 heteroatoms. The molecule has 0 aliphatic rings. The molecule has 0 radical (unpaired) electrons. The number of benzene rings is 2. The van der Waals surface area contributed by atoms with Gasteiger partial charge in [0.05, 0.1) is 11.0 Å². The highest BCUT2D eigenvalue weighted by Gasteiger charge is 2.19. The van der Waals surface area contributed by atoms with Crippen molar-refractivity contribution < 1.29 is 15.1 Å². The molecule has 0 heterocycles. The van der Waals surface area contributed by atoms with Gasteiger partial charge in [-0.05, 0) is 49.9 Å². The summed E-state index contributed by atoms with van der Waals surface area (Å²) >= 11 is 0. The van der Waals surface area contributed by atoms with Gasteiger partial charge in [-0.1, -0.05) is 24.3 Å². The molecule has 0 saturated heterocycles. The normalized spacial score (nSPS) is 12.8. The molecule has 0 bridgehead atoms. The maximum Gasteiger partial charge on any atom is 0.269 e. The van der Waals surface area contributed by atoms with Crippen LogP contribution in [0.3, 0.4) is 0 Å². The number of nitrogens with one attached hydrogen (secondary N) is 1.